The third-order valence-corrected chi connectivity index (χ3v) is 3.72. The Hall–Kier alpha value is -3.43. The van der Waals surface area contributed by atoms with Crippen molar-refractivity contribution in [3.8, 4) is 6.01 Å². The summed E-state index contributed by atoms with van der Waals surface area (Å²) in [7, 11) is 0. The minimum absolute atomic E-state index is 0.0670. The zero-order chi connectivity index (χ0) is 20.7. The molecule has 2 aromatic heterocycles. The standard InChI is InChI=1S/C19H19F3N6O/c1-2-29-18-27-16(24-11-9-14-7-3-4-10-23-14)26-17(28-18)25-15-8-5-6-13(12-15)19(20,21)22/h3-8,10,12H,2,9,11H2,1H3,(H2,24,25,26,27,28). The summed E-state index contributed by atoms with van der Waals surface area (Å²) < 4.78 is 44.1. The highest BCUT2D eigenvalue weighted by Crippen LogP contribution is 2.31. The van der Waals surface area contributed by atoms with Crippen LogP contribution >= 0.6 is 0 Å². The van der Waals surface area contributed by atoms with Crippen molar-refractivity contribution in [2.24, 2.45) is 0 Å². The van der Waals surface area contributed by atoms with E-state index in [0.717, 1.165) is 17.8 Å². The average molecular weight is 404 g/mol. The first-order valence-corrected chi connectivity index (χ1v) is 8.91. The van der Waals surface area contributed by atoms with Crippen LogP contribution in [0.2, 0.25) is 0 Å². The van der Waals surface area contributed by atoms with Crippen LogP contribution in [0.4, 0.5) is 30.8 Å². The third kappa shape index (κ3) is 6.03. The summed E-state index contributed by atoms with van der Waals surface area (Å²) in [5.41, 5.74) is 0.338. The molecule has 0 aliphatic carbocycles. The smallest absolute Gasteiger partial charge is 0.416 e. The van der Waals surface area contributed by atoms with E-state index in [1.807, 2.05) is 18.2 Å². The lowest BCUT2D eigenvalue weighted by molar-refractivity contribution is -0.137. The number of benzene rings is 1. The Morgan fingerprint density at radius 1 is 1.00 bits per heavy atom. The van der Waals surface area contributed by atoms with E-state index in [9.17, 15) is 13.2 Å². The molecule has 0 aliphatic heterocycles. The Morgan fingerprint density at radius 2 is 1.83 bits per heavy atom. The predicted octanol–water partition coefficient (Wildman–Crippen LogP) is 4.08. The number of anilines is 3. The van der Waals surface area contributed by atoms with E-state index in [-0.39, 0.29) is 23.6 Å². The number of nitrogens with one attached hydrogen (secondary N) is 2. The maximum absolute atomic E-state index is 12.9. The molecular weight excluding hydrogens is 385 g/mol. The van der Waals surface area contributed by atoms with Gasteiger partial charge in [-0.15, -0.1) is 0 Å². The van der Waals surface area contributed by atoms with Gasteiger partial charge < -0.3 is 15.4 Å². The highest BCUT2D eigenvalue weighted by molar-refractivity contribution is 5.55. The van der Waals surface area contributed by atoms with Gasteiger partial charge in [0.15, 0.2) is 0 Å². The topological polar surface area (TPSA) is 84.8 Å². The van der Waals surface area contributed by atoms with Crippen LogP contribution in [-0.2, 0) is 12.6 Å². The number of rotatable bonds is 8. The van der Waals surface area contributed by atoms with Gasteiger partial charge in [0.1, 0.15) is 0 Å². The van der Waals surface area contributed by atoms with Gasteiger partial charge >= 0.3 is 12.2 Å². The van der Waals surface area contributed by atoms with Crippen molar-refractivity contribution < 1.29 is 17.9 Å². The molecule has 0 radical (unpaired) electrons. The van der Waals surface area contributed by atoms with E-state index in [2.05, 4.69) is 30.6 Å². The maximum atomic E-state index is 12.9. The molecule has 10 heteroatoms. The molecule has 2 heterocycles. The first-order chi connectivity index (χ1) is 13.9. The van der Waals surface area contributed by atoms with Crippen molar-refractivity contribution in [3.05, 3.63) is 59.9 Å². The molecule has 0 fully saturated rings. The Balaban J connectivity index is 1.74. The molecule has 0 bridgehead atoms. The molecular formula is C19H19F3N6O. The van der Waals surface area contributed by atoms with Crippen LogP contribution in [0.1, 0.15) is 18.2 Å². The Bertz CT molecular complexity index is 937. The van der Waals surface area contributed by atoms with E-state index in [1.165, 1.54) is 12.1 Å². The minimum Gasteiger partial charge on any atom is -0.464 e. The largest absolute Gasteiger partial charge is 0.464 e. The summed E-state index contributed by atoms with van der Waals surface area (Å²) in [4.78, 5) is 16.7. The summed E-state index contributed by atoms with van der Waals surface area (Å²) in [5, 5.41) is 5.82. The Labute approximate surface area is 165 Å². The van der Waals surface area contributed by atoms with Crippen LogP contribution < -0.4 is 15.4 Å². The molecule has 7 nitrogen and oxygen atoms in total. The van der Waals surface area contributed by atoms with Gasteiger partial charge in [0, 0.05) is 30.5 Å². The number of hydrogen-bond donors (Lipinski definition) is 2. The van der Waals surface area contributed by atoms with Gasteiger partial charge in [0.05, 0.1) is 12.2 Å². The molecule has 0 saturated heterocycles. The van der Waals surface area contributed by atoms with Crippen LogP contribution in [0, 0.1) is 0 Å². The molecule has 2 N–H and O–H groups in total. The van der Waals surface area contributed by atoms with Crippen LogP contribution in [0.3, 0.4) is 0 Å². The van der Waals surface area contributed by atoms with Crippen LogP contribution in [0.15, 0.2) is 48.7 Å². The molecule has 3 aromatic rings. The molecule has 0 aliphatic rings. The molecule has 0 atom stereocenters. The van der Waals surface area contributed by atoms with Crippen LogP contribution in [-0.4, -0.2) is 33.1 Å². The predicted molar refractivity (Wildman–Crippen MR) is 102 cm³/mol. The molecule has 0 amide bonds. The fourth-order valence-corrected chi connectivity index (χ4v) is 2.44. The van der Waals surface area contributed by atoms with Gasteiger partial charge in [-0.1, -0.05) is 12.1 Å². The lowest BCUT2D eigenvalue weighted by Crippen LogP contribution is -2.12. The van der Waals surface area contributed by atoms with Gasteiger partial charge in [0.2, 0.25) is 11.9 Å². The quantitative estimate of drug-likeness (QED) is 0.585. The second-order valence-corrected chi connectivity index (χ2v) is 5.90. The SMILES string of the molecule is CCOc1nc(NCCc2ccccn2)nc(Nc2cccc(C(F)(F)F)c2)n1. The van der Waals surface area contributed by atoms with Gasteiger partial charge in [-0.25, -0.2) is 0 Å². The molecule has 0 spiro atoms. The van der Waals surface area contributed by atoms with Gasteiger partial charge in [-0.3, -0.25) is 4.98 Å². The van der Waals surface area contributed by atoms with Crippen molar-refractivity contribution in [1.82, 2.24) is 19.9 Å². The van der Waals surface area contributed by atoms with E-state index < -0.39 is 11.7 Å². The van der Waals surface area contributed by atoms with Crippen molar-refractivity contribution in [2.75, 3.05) is 23.8 Å². The zero-order valence-electron chi connectivity index (χ0n) is 15.6. The molecule has 3 rings (SSSR count). The molecule has 152 valence electrons. The third-order valence-electron chi connectivity index (χ3n) is 3.72. The number of aromatic nitrogens is 4. The van der Waals surface area contributed by atoms with Crippen LogP contribution in [0.25, 0.3) is 0 Å². The summed E-state index contributed by atoms with van der Waals surface area (Å²) in [6.45, 7) is 2.62. The molecule has 29 heavy (non-hydrogen) atoms. The second kappa shape index (κ2) is 9.18. The molecule has 0 saturated carbocycles. The first kappa shape index (κ1) is 20.3. The Kier molecular flexibility index (Phi) is 6.43. The average Bonchev–Trinajstić information content (AvgIpc) is 2.68. The van der Waals surface area contributed by atoms with Crippen molar-refractivity contribution >= 4 is 17.6 Å². The van der Waals surface area contributed by atoms with Gasteiger partial charge in [-0.2, -0.15) is 28.1 Å². The summed E-state index contributed by atoms with van der Waals surface area (Å²) in [6, 6.07) is 10.5. The lowest BCUT2D eigenvalue weighted by Gasteiger charge is -2.12. The number of nitrogens with zero attached hydrogens (tertiary/aromatic N) is 4. The zero-order valence-corrected chi connectivity index (χ0v) is 15.6. The summed E-state index contributed by atoms with van der Waals surface area (Å²) in [5.74, 6) is 0.317. The van der Waals surface area contributed by atoms with E-state index in [1.54, 1.807) is 13.1 Å². The van der Waals surface area contributed by atoms with E-state index in [4.69, 9.17) is 4.74 Å². The number of pyridine rings is 1. The molecule has 0 unspecified atom stereocenters. The molecule has 1 aromatic carbocycles. The number of hydrogen-bond acceptors (Lipinski definition) is 7. The first-order valence-electron chi connectivity index (χ1n) is 8.91. The number of alkyl halides is 3. The monoisotopic (exact) mass is 404 g/mol. The fourth-order valence-electron chi connectivity index (χ4n) is 2.44. The van der Waals surface area contributed by atoms with E-state index in [0.29, 0.717) is 19.6 Å². The highest BCUT2D eigenvalue weighted by atomic mass is 19.4. The van der Waals surface area contributed by atoms with Gasteiger partial charge in [-0.05, 0) is 37.3 Å². The normalized spacial score (nSPS) is 11.2. The van der Waals surface area contributed by atoms with Crippen molar-refractivity contribution in [1.29, 1.82) is 0 Å². The van der Waals surface area contributed by atoms with Crippen molar-refractivity contribution in [3.63, 3.8) is 0 Å². The highest BCUT2D eigenvalue weighted by Gasteiger charge is 2.30. The minimum atomic E-state index is -4.44. The second-order valence-electron chi connectivity index (χ2n) is 5.90. The van der Waals surface area contributed by atoms with Gasteiger partial charge in [0.25, 0.3) is 0 Å². The lowest BCUT2D eigenvalue weighted by atomic mass is 10.2. The fraction of sp³-hybridized carbons (Fsp3) is 0.263. The number of halogens is 3. The summed E-state index contributed by atoms with van der Waals surface area (Å²) >= 11 is 0. The van der Waals surface area contributed by atoms with E-state index >= 15 is 0 Å². The maximum Gasteiger partial charge on any atom is 0.416 e. The van der Waals surface area contributed by atoms with Crippen LogP contribution in [0.5, 0.6) is 6.01 Å². The van der Waals surface area contributed by atoms with Crippen molar-refractivity contribution in [2.45, 2.75) is 19.5 Å². The number of ether oxygens (including phenoxy) is 1. The Morgan fingerprint density at radius 3 is 2.55 bits per heavy atom. The summed E-state index contributed by atoms with van der Waals surface area (Å²) in [6.07, 6.45) is -2.08.